The lowest BCUT2D eigenvalue weighted by Crippen LogP contribution is -2.31. The fourth-order valence-corrected chi connectivity index (χ4v) is 3.06. The number of carbonyl (C=O) groups excluding carboxylic acids is 1. The van der Waals surface area contributed by atoms with E-state index >= 15 is 0 Å². The highest BCUT2D eigenvalue weighted by atomic mass is 32.2. The van der Waals surface area contributed by atoms with Gasteiger partial charge in [-0.25, -0.2) is 8.42 Å². The Balaban J connectivity index is 3.02. The van der Waals surface area contributed by atoms with Crippen LogP contribution in [0.15, 0.2) is 23.1 Å². The number of nitrogens with one attached hydrogen (secondary N) is 2. The molecule has 0 saturated carbocycles. The number of halogens is 3. The Morgan fingerprint density at radius 3 is 2.43 bits per heavy atom. The van der Waals surface area contributed by atoms with Gasteiger partial charge in [0.05, 0.1) is 17.8 Å². The van der Waals surface area contributed by atoms with Crippen molar-refractivity contribution in [2.45, 2.75) is 30.8 Å². The summed E-state index contributed by atoms with van der Waals surface area (Å²) in [4.78, 5) is 10.7. The molecule has 0 aliphatic carbocycles. The van der Waals surface area contributed by atoms with Crippen molar-refractivity contribution in [2.24, 2.45) is 0 Å². The third-order valence-corrected chi connectivity index (χ3v) is 4.16. The molecule has 0 aromatic heterocycles. The van der Waals surface area contributed by atoms with Crippen LogP contribution in [0.25, 0.3) is 0 Å². The predicted molar refractivity (Wildman–Crippen MR) is 81.0 cm³/mol. The highest BCUT2D eigenvalue weighted by molar-refractivity contribution is 7.91. The van der Waals surface area contributed by atoms with Crippen LogP contribution in [0.4, 0.5) is 18.9 Å². The summed E-state index contributed by atoms with van der Waals surface area (Å²) < 4.78 is 62.4. The van der Waals surface area contributed by atoms with Crippen LogP contribution in [-0.4, -0.2) is 33.7 Å². The highest BCUT2D eigenvalue weighted by Gasteiger charge is 2.37. The van der Waals surface area contributed by atoms with Gasteiger partial charge in [-0.15, -0.1) is 0 Å². The number of unbranched alkanes of at least 4 members (excludes halogenated alkanes) is 1. The lowest BCUT2D eigenvalue weighted by Gasteiger charge is -2.16. The second kappa shape index (κ2) is 7.67. The zero-order valence-electron chi connectivity index (χ0n) is 12.8. The van der Waals surface area contributed by atoms with Crippen molar-refractivity contribution >= 4 is 21.4 Å². The largest absolute Gasteiger partial charge is 0.417 e. The summed E-state index contributed by atoms with van der Waals surface area (Å²) in [5.41, 5.74) is -1.50. The standard InChI is InChI=1S/C14H19F3N2O3S/c1-3-4-8-18-12(20)9-19-11-7-5-6-10(14(15,16)17)13(11)23(2,21)22/h5-7,19H,3-4,8-9H2,1-2H3,(H,18,20). The smallest absolute Gasteiger partial charge is 0.375 e. The number of benzene rings is 1. The Bertz CT molecular complexity index is 658. The van der Waals surface area contributed by atoms with Crippen LogP contribution >= 0.6 is 0 Å². The maximum Gasteiger partial charge on any atom is 0.417 e. The number of rotatable bonds is 7. The van der Waals surface area contributed by atoms with Crippen molar-refractivity contribution in [2.75, 3.05) is 24.7 Å². The Morgan fingerprint density at radius 1 is 1.26 bits per heavy atom. The van der Waals surface area contributed by atoms with Gasteiger partial charge >= 0.3 is 6.18 Å². The molecule has 0 aliphatic heterocycles. The van der Waals surface area contributed by atoms with E-state index in [0.717, 1.165) is 18.9 Å². The number of hydrogen-bond acceptors (Lipinski definition) is 4. The van der Waals surface area contributed by atoms with Gasteiger partial charge in [-0.05, 0) is 18.6 Å². The minimum Gasteiger partial charge on any atom is -0.375 e. The molecular formula is C14H19F3N2O3S. The summed E-state index contributed by atoms with van der Waals surface area (Å²) in [6.45, 7) is 2.09. The Morgan fingerprint density at radius 2 is 1.91 bits per heavy atom. The molecule has 1 aromatic rings. The molecule has 0 spiro atoms. The van der Waals surface area contributed by atoms with Gasteiger partial charge in [0.1, 0.15) is 4.90 Å². The molecule has 0 aliphatic rings. The molecular weight excluding hydrogens is 333 g/mol. The molecule has 1 aromatic carbocycles. The molecule has 5 nitrogen and oxygen atoms in total. The number of sulfone groups is 1. The average Bonchev–Trinajstić information content (AvgIpc) is 2.43. The fourth-order valence-electron chi connectivity index (χ4n) is 1.94. The molecule has 0 atom stereocenters. The summed E-state index contributed by atoms with van der Waals surface area (Å²) >= 11 is 0. The van der Waals surface area contributed by atoms with E-state index in [4.69, 9.17) is 0 Å². The van der Waals surface area contributed by atoms with E-state index in [1.807, 2.05) is 6.92 Å². The molecule has 0 saturated heterocycles. The predicted octanol–water partition coefficient (Wildman–Crippen LogP) is 2.44. The second-order valence-corrected chi connectivity index (χ2v) is 6.96. The van der Waals surface area contributed by atoms with Crippen molar-refractivity contribution in [3.63, 3.8) is 0 Å². The van der Waals surface area contributed by atoms with Crippen LogP contribution in [0.3, 0.4) is 0 Å². The van der Waals surface area contributed by atoms with Gasteiger partial charge in [-0.3, -0.25) is 4.79 Å². The molecule has 0 unspecified atom stereocenters. The molecule has 1 amide bonds. The highest BCUT2D eigenvalue weighted by Crippen LogP contribution is 2.37. The van der Waals surface area contributed by atoms with Gasteiger partial charge in [0.25, 0.3) is 0 Å². The van der Waals surface area contributed by atoms with Crippen LogP contribution in [0.1, 0.15) is 25.3 Å². The monoisotopic (exact) mass is 352 g/mol. The van der Waals surface area contributed by atoms with Crippen LogP contribution < -0.4 is 10.6 Å². The van der Waals surface area contributed by atoms with Crippen molar-refractivity contribution in [3.8, 4) is 0 Å². The van der Waals surface area contributed by atoms with Gasteiger partial charge in [-0.2, -0.15) is 13.2 Å². The summed E-state index contributed by atoms with van der Waals surface area (Å²) in [5, 5.41) is 5.05. The third kappa shape index (κ3) is 5.74. The molecule has 0 heterocycles. The van der Waals surface area contributed by atoms with Crippen LogP contribution in [-0.2, 0) is 20.8 Å². The number of hydrogen-bond donors (Lipinski definition) is 2. The topological polar surface area (TPSA) is 75.3 Å². The van der Waals surface area contributed by atoms with Gasteiger partial charge in [0.15, 0.2) is 9.84 Å². The minimum atomic E-state index is -4.81. The minimum absolute atomic E-state index is 0.243. The fraction of sp³-hybridized carbons (Fsp3) is 0.500. The first kappa shape index (κ1) is 19.3. The quantitative estimate of drug-likeness (QED) is 0.739. The number of amides is 1. The van der Waals surface area contributed by atoms with Crippen LogP contribution in [0, 0.1) is 0 Å². The van der Waals surface area contributed by atoms with E-state index in [9.17, 15) is 26.4 Å². The average molecular weight is 352 g/mol. The Kier molecular flexibility index (Phi) is 6.43. The van der Waals surface area contributed by atoms with E-state index in [-0.39, 0.29) is 12.2 Å². The van der Waals surface area contributed by atoms with Crippen molar-refractivity contribution in [1.29, 1.82) is 0 Å². The van der Waals surface area contributed by atoms with Crippen molar-refractivity contribution in [1.82, 2.24) is 5.32 Å². The summed E-state index contributed by atoms with van der Waals surface area (Å²) in [7, 11) is -4.13. The number of carbonyl (C=O) groups is 1. The summed E-state index contributed by atoms with van der Waals surface area (Å²) in [6, 6.07) is 2.99. The van der Waals surface area contributed by atoms with Gasteiger partial charge in [-0.1, -0.05) is 19.4 Å². The number of alkyl halides is 3. The van der Waals surface area contributed by atoms with Gasteiger partial charge in [0.2, 0.25) is 5.91 Å². The maximum atomic E-state index is 13.0. The van der Waals surface area contributed by atoms with Crippen molar-refractivity contribution < 1.29 is 26.4 Å². The molecule has 0 bridgehead atoms. The third-order valence-electron chi connectivity index (χ3n) is 2.98. The zero-order valence-corrected chi connectivity index (χ0v) is 13.6. The van der Waals surface area contributed by atoms with Crippen molar-refractivity contribution in [3.05, 3.63) is 23.8 Å². The second-order valence-electron chi connectivity index (χ2n) is 5.01. The molecule has 1 rings (SSSR count). The van der Waals surface area contributed by atoms with E-state index in [2.05, 4.69) is 10.6 Å². The molecule has 0 fully saturated rings. The summed E-state index contributed by atoms with van der Waals surface area (Å²) in [5.74, 6) is -0.421. The normalized spacial score (nSPS) is 12.0. The molecule has 0 radical (unpaired) electrons. The zero-order chi connectivity index (χ0) is 17.7. The summed E-state index contributed by atoms with van der Waals surface area (Å²) in [6.07, 6.45) is -2.44. The van der Waals surface area contributed by atoms with E-state index in [1.54, 1.807) is 0 Å². The van der Waals surface area contributed by atoms with E-state index < -0.39 is 32.4 Å². The Labute approximate surface area is 133 Å². The SMILES string of the molecule is CCCCNC(=O)CNc1cccc(C(F)(F)F)c1S(C)(=O)=O. The molecule has 9 heteroatoms. The van der Waals surface area contributed by atoms with Crippen LogP contribution in [0.2, 0.25) is 0 Å². The van der Waals surface area contributed by atoms with Gasteiger partial charge in [0, 0.05) is 12.8 Å². The first-order chi connectivity index (χ1) is 10.6. The molecule has 23 heavy (non-hydrogen) atoms. The van der Waals surface area contributed by atoms with Gasteiger partial charge < -0.3 is 10.6 Å². The first-order valence-electron chi connectivity index (χ1n) is 6.98. The maximum absolute atomic E-state index is 13.0. The van der Waals surface area contributed by atoms with E-state index in [0.29, 0.717) is 18.9 Å². The van der Waals surface area contributed by atoms with E-state index in [1.165, 1.54) is 6.07 Å². The molecule has 130 valence electrons. The first-order valence-corrected chi connectivity index (χ1v) is 8.87. The number of anilines is 1. The Hall–Kier alpha value is -1.77. The lowest BCUT2D eigenvalue weighted by atomic mass is 10.2. The lowest BCUT2D eigenvalue weighted by molar-refractivity contribution is -0.139. The van der Waals surface area contributed by atoms with Crippen LogP contribution in [0.5, 0.6) is 0 Å². The molecule has 2 N–H and O–H groups in total.